The maximum atomic E-state index is 13.8. The molecule has 3 aromatic heterocycles. The average Bonchev–Trinajstić information content (AvgIpc) is 3.17. The Bertz CT molecular complexity index is 1710. The largest absolute Gasteiger partial charge is 0.434 e. The Morgan fingerprint density at radius 3 is 2.59 bits per heavy atom. The summed E-state index contributed by atoms with van der Waals surface area (Å²) >= 11 is 5.91. The minimum atomic E-state index is -4.76. The van der Waals surface area contributed by atoms with Crippen LogP contribution in [-0.4, -0.2) is 31.2 Å². The van der Waals surface area contributed by atoms with Gasteiger partial charge < -0.3 is 10.1 Å². The van der Waals surface area contributed by atoms with E-state index in [0.717, 1.165) is 16.6 Å². The highest BCUT2D eigenvalue weighted by Crippen LogP contribution is 2.37. The van der Waals surface area contributed by atoms with E-state index in [-0.39, 0.29) is 44.8 Å². The van der Waals surface area contributed by atoms with Crippen LogP contribution in [0.15, 0.2) is 65.6 Å². The fourth-order valence-corrected chi connectivity index (χ4v) is 3.76. The van der Waals surface area contributed by atoms with Crippen LogP contribution in [0.25, 0.3) is 27.9 Å². The number of rotatable bonds is 5. The summed E-state index contributed by atoms with van der Waals surface area (Å²) < 4.78 is 73.1. The number of nitrogens with one attached hydrogen (secondary N) is 1. The zero-order chi connectivity index (χ0) is 26.3. The van der Waals surface area contributed by atoms with Gasteiger partial charge in [0.1, 0.15) is 11.4 Å². The maximum Gasteiger partial charge on any atom is 0.418 e. The smallest absolute Gasteiger partial charge is 0.418 e. The van der Waals surface area contributed by atoms with Gasteiger partial charge in [-0.3, -0.25) is 4.79 Å². The molecule has 0 atom stereocenters. The van der Waals surface area contributed by atoms with E-state index in [9.17, 15) is 26.7 Å². The Morgan fingerprint density at radius 1 is 1.03 bits per heavy atom. The van der Waals surface area contributed by atoms with Crippen molar-refractivity contribution in [1.82, 2.24) is 24.6 Å². The summed E-state index contributed by atoms with van der Waals surface area (Å²) in [5, 5.41) is 7.01. The zero-order valence-corrected chi connectivity index (χ0v) is 18.9. The lowest BCUT2D eigenvalue weighted by Crippen LogP contribution is -2.13. The molecule has 0 aliphatic carbocycles. The number of hydrogen-bond acceptors (Lipinski definition) is 7. The Balaban J connectivity index is 1.81. The number of hydrogen-bond donors (Lipinski definition) is 1. The van der Waals surface area contributed by atoms with Crippen molar-refractivity contribution in [3.8, 4) is 17.1 Å². The summed E-state index contributed by atoms with van der Waals surface area (Å²) in [6, 6.07) is 11.6. The zero-order valence-electron chi connectivity index (χ0n) is 18.2. The Hall–Kier alpha value is -4.39. The predicted octanol–water partition coefficient (Wildman–Crippen LogP) is 5.72. The van der Waals surface area contributed by atoms with Crippen molar-refractivity contribution in [3.63, 3.8) is 0 Å². The number of para-hydroxylation sites is 1. The third kappa shape index (κ3) is 4.72. The van der Waals surface area contributed by atoms with Gasteiger partial charge in [0.15, 0.2) is 11.5 Å². The van der Waals surface area contributed by atoms with E-state index >= 15 is 0 Å². The normalized spacial score (nSPS) is 11.9. The number of ether oxygens (including phenoxy) is 1. The minimum Gasteiger partial charge on any atom is -0.434 e. The lowest BCUT2D eigenvalue weighted by Gasteiger charge is -2.12. The molecule has 0 aliphatic rings. The van der Waals surface area contributed by atoms with Crippen molar-refractivity contribution in [1.29, 1.82) is 0 Å². The van der Waals surface area contributed by atoms with E-state index < -0.39 is 29.4 Å². The number of halogens is 6. The minimum absolute atomic E-state index is 0.00299. The first kappa shape index (κ1) is 24.3. The van der Waals surface area contributed by atoms with Crippen molar-refractivity contribution >= 4 is 39.8 Å². The summed E-state index contributed by atoms with van der Waals surface area (Å²) in [6.07, 6.45) is -3.51. The molecule has 5 rings (SSSR count). The molecule has 1 N–H and O–H groups in total. The van der Waals surface area contributed by atoms with Gasteiger partial charge in [0, 0.05) is 16.6 Å². The van der Waals surface area contributed by atoms with Crippen LogP contribution in [0.1, 0.15) is 5.56 Å². The van der Waals surface area contributed by atoms with Gasteiger partial charge in [0.05, 0.1) is 16.6 Å². The lowest BCUT2D eigenvalue weighted by molar-refractivity contribution is -0.136. The third-order valence-electron chi connectivity index (χ3n) is 5.14. The molecule has 2 aromatic carbocycles. The lowest BCUT2D eigenvalue weighted by atomic mass is 10.1. The van der Waals surface area contributed by atoms with Crippen LogP contribution >= 0.6 is 11.6 Å². The van der Waals surface area contributed by atoms with E-state index in [1.807, 2.05) is 0 Å². The summed E-state index contributed by atoms with van der Waals surface area (Å²) in [6.45, 7) is -3.19. The average molecular weight is 535 g/mol. The first-order chi connectivity index (χ1) is 17.6. The topological polar surface area (TPSA) is 94.3 Å². The molecule has 14 heteroatoms. The first-order valence-corrected chi connectivity index (χ1v) is 10.7. The molecule has 0 fully saturated rings. The van der Waals surface area contributed by atoms with E-state index in [2.05, 4.69) is 30.1 Å². The molecule has 0 spiro atoms. The van der Waals surface area contributed by atoms with E-state index in [1.165, 1.54) is 48.7 Å². The van der Waals surface area contributed by atoms with Crippen LogP contribution in [0.4, 0.5) is 33.6 Å². The molecule has 3 heterocycles. The van der Waals surface area contributed by atoms with E-state index in [0.29, 0.717) is 0 Å². The quantitative estimate of drug-likeness (QED) is 0.288. The van der Waals surface area contributed by atoms with Crippen molar-refractivity contribution < 1.29 is 26.7 Å². The number of aromatic nitrogens is 5. The maximum absolute atomic E-state index is 13.8. The first-order valence-electron chi connectivity index (χ1n) is 10.4. The van der Waals surface area contributed by atoms with E-state index in [4.69, 9.17) is 11.6 Å². The molecule has 5 aromatic rings. The van der Waals surface area contributed by atoms with Gasteiger partial charge in [0.2, 0.25) is 5.95 Å². The molecule has 0 unspecified atom stereocenters. The summed E-state index contributed by atoms with van der Waals surface area (Å²) in [7, 11) is 0. The van der Waals surface area contributed by atoms with Crippen molar-refractivity contribution in [3.05, 3.63) is 81.7 Å². The van der Waals surface area contributed by atoms with Gasteiger partial charge in [-0.25, -0.2) is 15.0 Å². The Labute approximate surface area is 208 Å². The second-order valence-electron chi connectivity index (χ2n) is 7.50. The van der Waals surface area contributed by atoms with Crippen LogP contribution in [-0.2, 0) is 6.18 Å². The molecule has 188 valence electrons. The fourth-order valence-electron chi connectivity index (χ4n) is 3.60. The van der Waals surface area contributed by atoms with Crippen LogP contribution < -0.4 is 15.6 Å². The summed E-state index contributed by atoms with van der Waals surface area (Å²) in [5.41, 5.74) is -2.43. The highest BCUT2D eigenvalue weighted by Gasteiger charge is 2.34. The van der Waals surface area contributed by atoms with Crippen molar-refractivity contribution in [2.45, 2.75) is 12.8 Å². The highest BCUT2D eigenvalue weighted by atomic mass is 35.5. The summed E-state index contributed by atoms with van der Waals surface area (Å²) in [4.78, 5) is 24.4. The van der Waals surface area contributed by atoms with Gasteiger partial charge in [-0.1, -0.05) is 23.7 Å². The molecule has 0 saturated carbocycles. The standard InChI is InChI=1S/C23H12ClF5N6O2/c24-11-7-8-12(16(10-11)37-21(25)26)18-33-19-13-4-3-5-14(23(27,28)29)17(13)32-22(35(19)34-18)31-15-6-1-2-9-30-20(15)36/h1-10,21H,(H,30,31,32,36). The molecule has 0 aliphatic heterocycles. The van der Waals surface area contributed by atoms with Gasteiger partial charge in [0.25, 0.3) is 5.56 Å². The number of alkyl halides is 5. The van der Waals surface area contributed by atoms with Crippen molar-refractivity contribution in [2.75, 3.05) is 5.32 Å². The molecule has 0 amide bonds. The highest BCUT2D eigenvalue weighted by molar-refractivity contribution is 6.30. The molecule has 0 saturated heterocycles. The molecule has 8 nitrogen and oxygen atoms in total. The second kappa shape index (κ2) is 9.24. The number of nitrogens with zero attached hydrogens (tertiary/aromatic N) is 5. The van der Waals surface area contributed by atoms with Crippen LogP contribution in [0, 0.1) is 0 Å². The van der Waals surface area contributed by atoms with Crippen LogP contribution in [0.5, 0.6) is 5.75 Å². The van der Waals surface area contributed by atoms with Gasteiger partial charge in [-0.2, -0.15) is 26.5 Å². The molecule has 37 heavy (non-hydrogen) atoms. The van der Waals surface area contributed by atoms with Gasteiger partial charge in [-0.05, 0) is 42.5 Å². The molecule has 0 bridgehead atoms. The van der Waals surface area contributed by atoms with Crippen LogP contribution in [0.3, 0.4) is 0 Å². The van der Waals surface area contributed by atoms with Crippen LogP contribution in [0.2, 0.25) is 5.02 Å². The van der Waals surface area contributed by atoms with Gasteiger partial charge >= 0.3 is 12.8 Å². The number of benzene rings is 2. The molecular formula is C23H12ClF5N6O2. The number of fused-ring (bicyclic) bond motifs is 3. The molecule has 0 radical (unpaired) electrons. The second-order valence-corrected chi connectivity index (χ2v) is 7.93. The summed E-state index contributed by atoms with van der Waals surface area (Å²) in [5.74, 6) is -0.809. The van der Waals surface area contributed by atoms with E-state index in [1.54, 1.807) is 0 Å². The molecular weight excluding hydrogens is 523 g/mol. The Kier molecular flexibility index (Phi) is 6.07. The monoisotopic (exact) mass is 534 g/mol. The predicted molar refractivity (Wildman–Crippen MR) is 124 cm³/mol. The third-order valence-corrected chi connectivity index (χ3v) is 5.37. The van der Waals surface area contributed by atoms with Gasteiger partial charge in [-0.15, -0.1) is 5.10 Å². The Morgan fingerprint density at radius 2 is 1.84 bits per heavy atom. The SMILES string of the molecule is O=c1nccccc1Nc1nc2c(C(F)(F)F)cccc2c2nc(-c3ccc(Cl)cc3OC(F)F)nn12. The number of anilines is 2. The fraction of sp³-hybridized carbons (Fsp3) is 0.0870. The van der Waals surface area contributed by atoms with Crippen molar-refractivity contribution in [2.24, 2.45) is 0 Å².